The van der Waals surface area contributed by atoms with Crippen molar-refractivity contribution in [3.8, 4) is 11.1 Å². The maximum atomic E-state index is 14.2. The largest absolute Gasteiger partial charge is 0.479 e. The minimum absolute atomic E-state index is 0.144. The van der Waals surface area contributed by atoms with Crippen LogP contribution in [0.2, 0.25) is 5.02 Å². The van der Waals surface area contributed by atoms with Crippen molar-refractivity contribution in [3.05, 3.63) is 52.2 Å². The summed E-state index contributed by atoms with van der Waals surface area (Å²) in [5.41, 5.74) is 2.96. The first kappa shape index (κ1) is 26.4. The molecule has 0 radical (unpaired) electrons. The van der Waals surface area contributed by atoms with Crippen LogP contribution in [-0.4, -0.2) is 48.6 Å². The average molecular weight is 537 g/mol. The van der Waals surface area contributed by atoms with E-state index < -0.39 is 40.4 Å². The Kier molecular flexibility index (Phi) is 6.64. The molecular formula is C26H30ClFN2O5S. The first-order valence-electron chi connectivity index (χ1n) is 11.5. The van der Waals surface area contributed by atoms with E-state index in [-0.39, 0.29) is 12.2 Å². The smallest absolute Gasteiger partial charge is 0.337 e. The number of aromatic nitrogens is 1. The minimum Gasteiger partial charge on any atom is -0.479 e. The maximum absolute atomic E-state index is 14.2. The number of carboxylic acid groups (broad SMARTS) is 1. The first-order chi connectivity index (χ1) is 16.7. The maximum Gasteiger partial charge on any atom is 0.337 e. The molecule has 1 aliphatic heterocycles. The fraction of sp³-hybridized carbons (Fsp3) is 0.423. The highest BCUT2D eigenvalue weighted by Gasteiger charge is 2.40. The second-order valence-corrected chi connectivity index (χ2v) is 12.5. The van der Waals surface area contributed by atoms with Gasteiger partial charge in [-0.2, -0.15) is 0 Å². The number of sulfonamides is 1. The fourth-order valence-corrected chi connectivity index (χ4v) is 6.47. The van der Waals surface area contributed by atoms with Gasteiger partial charge in [0.2, 0.25) is 10.0 Å². The molecule has 0 fully saturated rings. The van der Waals surface area contributed by atoms with Crippen LogP contribution in [0.4, 0.5) is 10.1 Å². The number of carboxylic acids is 1. The highest BCUT2D eigenvalue weighted by Crippen LogP contribution is 2.49. The number of nitrogens with zero attached hydrogens (tertiary/aromatic N) is 2. The molecule has 0 bridgehead atoms. The Labute approximate surface area is 215 Å². The van der Waals surface area contributed by atoms with Gasteiger partial charge < -0.3 is 14.4 Å². The summed E-state index contributed by atoms with van der Waals surface area (Å²) in [6, 6.07) is 7.96. The lowest BCUT2D eigenvalue weighted by Crippen LogP contribution is -2.47. The summed E-state index contributed by atoms with van der Waals surface area (Å²) in [6.45, 7) is 8.07. The van der Waals surface area contributed by atoms with Gasteiger partial charge in [-0.3, -0.25) is 4.31 Å². The molecule has 194 valence electrons. The number of ether oxygens (including phenoxy) is 1. The molecule has 0 spiro atoms. The topological polar surface area (TPSA) is 88.8 Å². The van der Waals surface area contributed by atoms with Gasteiger partial charge >= 0.3 is 5.97 Å². The molecule has 1 unspecified atom stereocenters. The third kappa shape index (κ3) is 4.48. The summed E-state index contributed by atoms with van der Waals surface area (Å²) in [6.07, 6.45) is -0.369. The predicted octanol–water partition coefficient (Wildman–Crippen LogP) is 5.64. The van der Waals surface area contributed by atoms with Gasteiger partial charge in [-0.15, -0.1) is 0 Å². The number of benzene rings is 2. The Hall–Kier alpha value is -2.62. The SMILES string of the molecule is Cc1c(C(OC(C)(C)C)C(=O)O)c(-c2ccc(Cl)cc2)c2cc(C)n3c2c1N(S(C)(=O)=O)[C@@H](CF)C3. The molecule has 4 rings (SSSR count). The van der Waals surface area contributed by atoms with Crippen molar-refractivity contribution >= 4 is 44.2 Å². The van der Waals surface area contributed by atoms with E-state index in [1.807, 2.05) is 17.6 Å². The molecule has 3 aromatic rings. The third-order valence-corrected chi connectivity index (χ3v) is 7.85. The second-order valence-electron chi connectivity index (χ2n) is 10.2. The number of halogens is 2. The zero-order chi connectivity index (χ0) is 26.7. The first-order valence-corrected chi connectivity index (χ1v) is 13.8. The van der Waals surface area contributed by atoms with Gasteiger partial charge in [-0.25, -0.2) is 17.6 Å². The number of hydrogen-bond donors (Lipinski definition) is 1. The number of hydrogen-bond acceptors (Lipinski definition) is 4. The van der Waals surface area contributed by atoms with Gasteiger partial charge in [0.15, 0.2) is 6.10 Å². The van der Waals surface area contributed by atoms with E-state index in [4.69, 9.17) is 16.3 Å². The summed E-state index contributed by atoms with van der Waals surface area (Å²) in [4.78, 5) is 12.6. The summed E-state index contributed by atoms with van der Waals surface area (Å²) in [7, 11) is -3.90. The van der Waals surface area contributed by atoms with Gasteiger partial charge in [0.05, 0.1) is 29.1 Å². The number of aliphatic carboxylic acids is 1. The van der Waals surface area contributed by atoms with Crippen LogP contribution in [0.15, 0.2) is 30.3 Å². The molecule has 10 heteroatoms. The number of anilines is 1. The van der Waals surface area contributed by atoms with Crippen molar-refractivity contribution in [2.24, 2.45) is 0 Å². The molecular weight excluding hydrogens is 507 g/mol. The molecule has 0 saturated carbocycles. The zero-order valence-electron chi connectivity index (χ0n) is 21.1. The summed E-state index contributed by atoms with van der Waals surface area (Å²) in [5, 5.41) is 11.5. The molecule has 1 N–H and O–H groups in total. The van der Waals surface area contributed by atoms with Gasteiger partial charge in [0.25, 0.3) is 0 Å². The van der Waals surface area contributed by atoms with E-state index in [0.29, 0.717) is 38.2 Å². The lowest BCUT2D eigenvalue weighted by atomic mass is 9.87. The summed E-state index contributed by atoms with van der Waals surface area (Å²) < 4.78 is 49.3. The van der Waals surface area contributed by atoms with Crippen molar-refractivity contribution in [1.82, 2.24) is 4.57 Å². The lowest BCUT2D eigenvalue weighted by molar-refractivity contribution is -0.160. The van der Waals surface area contributed by atoms with Gasteiger partial charge in [-0.1, -0.05) is 23.7 Å². The van der Waals surface area contributed by atoms with Gasteiger partial charge in [0.1, 0.15) is 6.67 Å². The Balaban J connectivity index is 2.23. The average Bonchev–Trinajstić information content (AvgIpc) is 3.09. The molecule has 36 heavy (non-hydrogen) atoms. The number of alkyl halides is 1. The molecule has 0 aliphatic carbocycles. The van der Waals surface area contributed by atoms with E-state index in [0.717, 1.165) is 16.3 Å². The Bertz CT molecular complexity index is 1460. The number of aryl methyl sites for hydroxylation is 1. The minimum atomic E-state index is -3.90. The summed E-state index contributed by atoms with van der Waals surface area (Å²) in [5.74, 6) is -1.21. The van der Waals surface area contributed by atoms with E-state index in [1.54, 1.807) is 52.0 Å². The highest BCUT2D eigenvalue weighted by atomic mass is 35.5. The molecule has 2 heterocycles. The fourth-order valence-electron chi connectivity index (χ4n) is 5.12. The zero-order valence-corrected chi connectivity index (χ0v) is 22.7. The molecule has 7 nitrogen and oxygen atoms in total. The van der Waals surface area contributed by atoms with Crippen LogP contribution in [0.5, 0.6) is 0 Å². The third-order valence-electron chi connectivity index (χ3n) is 6.40. The normalized spacial score (nSPS) is 17.0. The van der Waals surface area contributed by atoms with E-state index in [1.165, 1.54) is 0 Å². The van der Waals surface area contributed by atoms with Crippen LogP contribution in [0.25, 0.3) is 22.0 Å². The van der Waals surface area contributed by atoms with Gasteiger partial charge in [-0.05, 0) is 69.5 Å². The monoisotopic (exact) mass is 536 g/mol. The van der Waals surface area contributed by atoms with Crippen molar-refractivity contribution in [2.45, 2.75) is 58.9 Å². The van der Waals surface area contributed by atoms with Crippen molar-refractivity contribution < 1.29 is 27.4 Å². The van der Waals surface area contributed by atoms with Crippen molar-refractivity contribution in [2.75, 3.05) is 17.2 Å². The van der Waals surface area contributed by atoms with E-state index >= 15 is 0 Å². The van der Waals surface area contributed by atoms with Crippen LogP contribution < -0.4 is 4.31 Å². The predicted molar refractivity (Wildman–Crippen MR) is 140 cm³/mol. The van der Waals surface area contributed by atoms with Crippen molar-refractivity contribution in [1.29, 1.82) is 0 Å². The molecule has 1 aromatic heterocycles. The van der Waals surface area contributed by atoms with Crippen molar-refractivity contribution in [3.63, 3.8) is 0 Å². The Morgan fingerprint density at radius 2 is 1.86 bits per heavy atom. The van der Waals surface area contributed by atoms with E-state index in [2.05, 4.69) is 0 Å². The van der Waals surface area contributed by atoms with E-state index in [9.17, 15) is 22.7 Å². The van der Waals surface area contributed by atoms with Crippen LogP contribution in [-0.2, 0) is 26.1 Å². The molecule has 0 amide bonds. The van der Waals surface area contributed by atoms with Crippen LogP contribution in [0.3, 0.4) is 0 Å². The van der Waals surface area contributed by atoms with Crippen LogP contribution >= 0.6 is 11.6 Å². The molecule has 0 saturated heterocycles. The molecule has 2 atom stereocenters. The Morgan fingerprint density at radius 1 is 1.25 bits per heavy atom. The lowest BCUT2D eigenvalue weighted by Gasteiger charge is -2.38. The Morgan fingerprint density at radius 3 is 2.36 bits per heavy atom. The quantitative estimate of drug-likeness (QED) is 0.440. The van der Waals surface area contributed by atoms with Crippen LogP contribution in [0, 0.1) is 13.8 Å². The summed E-state index contributed by atoms with van der Waals surface area (Å²) >= 11 is 6.14. The number of carbonyl (C=O) groups is 1. The van der Waals surface area contributed by atoms with Gasteiger partial charge in [0, 0.05) is 28.2 Å². The highest BCUT2D eigenvalue weighted by molar-refractivity contribution is 7.92. The standard InChI is InChI=1S/C26H30ClFN2O5S/c1-14-11-19-21(16-7-9-17(27)10-8-16)20(24(25(31)32)35-26(3,4)5)15(2)22-23(19)29(14)13-18(12-28)30(22)36(6,33)34/h7-11,18,24H,12-13H2,1-6H3,(H,31,32)/t18-,24?/m0/s1. The number of rotatable bonds is 6. The molecule has 2 aromatic carbocycles. The molecule has 1 aliphatic rings. The van der Waals surface area contributed by atoms with Crippen LogP contribution in [0.1, 0.15) is 43.7 Å². The second kappa shape index (κ2) is 9.04.